The summed E-state index contributed by atoms with van der Waals surface area (Å²) in [4.78, 5) is 12.8. The molecule has 0 fully saturated rings. The van der Waals surface area contributed by atoms with E-state index in [1.54, 1.807) is 6.92 Å². The number of rotatable bonds is 4. The first-order chi connectivity index (χ1) is 12.3. The summed E-state index contributed by atoms with van der Waals surface area (Å²) in [6.07, 6.45) is 1.13. The molecule has 2 aromatic carbocycles. The first kappa shape index (κ1) is 18.2. The quantitative estimate of drug-likeness (QED) is 0.740. The average Bonchev–Trinajstić information content (AvgIpc) is 2.90. The van der Waals surface area contributed by atoms with Gasteiger partial charge in [0.05, 0.1) is 16.3 Å². The van der Waals surface area contributed by atoms with Crippen molar-refractivity contribution in [2.24, 2.45) is 0 Å². The first-order valence-corrected chi connectivity index (χ1v) is 9.96. The molecule has 8 heteroatoms. The third-order valence-corrected chi connectivity index (χ3v) is 5.25. The van der Waals surface area contributed by atoms with Crippen LogP contribution in [0.3, 0.4) is 0 Å². The standard InChI is InChI=1S/C18H16ClN3O3S/c1-12-16(17(19)22(21-12)14-6-4-3-5-7-14)18(23)20-13-8-10-15(11-9-13)26(2,24)25/h3-11H,1-2H3,(H,20,23). The fourth-order valence-electron chi connectivity index (χ4n) is 2.48. The number of hydrogen-bond donors (Lipinski definition) is 1. The van der Waals surface area contributed by atoms with Gasteiger partial charge >= 0.3 is 0 Å². The minimum absolute atomic E-state index is 0.182. The molecule has 134 valence electrons. The van der Waals surface area contributed by atoms with E-state index in [9.17, 15) is 13.2 Å². The van der Waals surface area contributed by atoms with Crippen LogP contribution in [0.5, 0.6) is 0 Å². The van der Waals surface area contributed by atoms with Gasteiger partial charge in [-0.2, -0.15) is 5.10 Å². The van der Waals surface area contributed by atoms with Crippen LogP contribution in [0.1, 0.15) is 16.1 Å². The van der Waals surface area contributed by atoms with Crippen molar-refractivity contribution in [1.82, 2.24) is 9.78 Å². The van der Waals surface area contributed by atoms with E-state index in [1.165, 1.54) is 28.9 Å². The van der Waals surface area contributed by atoms with Gasteiger partial charge in [0.15, 0.2) is 9.84 Å². The zero-order valence-electron chi connectivity index (χ0n) is 14.1. The lowest BCUT2D eigenvalue weighted by Gasteiger charge is -2.06. The number of aromatic nitrogens is 2. The number of carbonyl (C=O) groups is 1. The minimum Gasteiger partial charge on any atom is -0.322 e. The molecule has 1 N–H and O–H groups in total. The van der Waals surface area contributed by atoms with E-state index in [0.717, 1.165) is 11.9 Å². The van der Waals surface area contributed by atoms with Crippen molar-refractivity contribution in [3.05, 3.63) is 71.0 Å². The predicted octanol–water partition coefficient (Wildman–Crippen LogP) is 3.49. The fraction of sp³-hybridized carbons (Fsp3) is 0.111. The van der Waals surface area contributed by atoms with Crippen LogP contribution in [0.15, 0.2) is 59.5 Å². The molecule has 1 amide bonds. The topological polar surface area (TPSA) is 81.1 Å². The summed E-state index contributed by atoms with van der Waals surface area (Å²) in [5, 5.41) is 7.25. The zero-order chi connectivity index (χ0) is 18.9. The normalized spacial score (nSPS) is 11.3. The molecule has 3 rings (SSSR count). The molecule has 0 saturated carbocycles. The lowest BCUT2D eigenvalue weighted by Crippen LogP contribution is -2.13. The van der Waals surface area contributed by atoms with Crippen molar-refractivity contribution < 1.29 is 13.2 Å². The van der Waals surface area contributed by atoms with Gasteiger partial charge in [-0.15, -0.1) is 0 Å². The molecule has 26 heavy (non-hydrogen) atoms. The molecule has 1 aromatic heterocycles. The lowest BCUT2D eigenvalue weighted by atomic mass is 10.2. The molecule has 0 aliphatic heterocycles. The third kappa shape index (κ3) is 3.63. The van der Waals surface area contributed by atoms with Gasteiger partial charge in [-0.3, -0.25) is 4.79 Å². The van der Waals surface area contributed by atoms with E-state index in [0.29, 0.717) is 11.4 Å². The number of carbonyl (C=O) groups excluding carboxylic acids is 1. The number of para-hydroxylation sites is 1. The Balaban J connectivity index is 1.88. The second kappa shape index (κ2) is 6.93. The number of halogens is 1. The highest BCUT2D eigenvalue weighted by atomic mass is 35.5. The van der Waals surface area contributed by atoms with E-state index in [1.807, 2.05) is 30.3 Å². The molecule has 0 aliphatic carbocycles. The molecule has 0 unspecified atom stereocenters. The Bertz CT molecular complexity index is 1060. The minimum atomic E-state index is -3.29. The van der Waals surface area contributed by atoms with Crippen LogP contribution >= 0.6 is 11.6 Å². The largest absolute Gasteiger partial charge is 0.322 e. The van der Waals surface area contributed by atoms with Crippen LogP contribution in [0, 0.1) is 6.92 Å². The number of nitrogens with zero attached hydrogens (tertiary/aromatic N) is 2. The summed E-state index contributed by atoms with van der Waals surface area (Å²) in [5.74, 6) is -0.415. The fourth-order valence-corrected chi connectivity index (χ4v) is 3.46. The SMILES string of the molecule is Cc1nn(-c2ccccc2)c(Cl)c1C(=O)Nc1ccc(S(C)(=O)=O)cc1. The first-order valence-electron chi connectivity index (χ1n) is 7.69. The molecule has 0 spiro atoms. The average molecular weight is 390 g/mol. The molecule has 3 aromatic rings. The van der Waals surface area contributed by atoms with Crippen LogP contribution in [-0.2, 0) is 9.84 Å². The van der Waals surface area contributed by atoms with Crippen LogP contribution in [-0.4, -0.2) is 30.4 Å². The van der Waals surface area contributed by atoms with Crippen LogP contribution < -0.4 is 5.32 Å². The summed E-state index contributed by atoms with van der Waals surface area (Å²) in [7, 11) is -3.29. The molecule has 0 radical (unpaired) electrons. The highest BCUT2D eigenvalue weighted by Gasteiger charge is 2.21. The highest BCUT2D eigenvalue weighted by Crippen LogP contribution is 2.24. The highest BCUT2D eigenvalue weighted by molar-refractivity contribution is 7.90. The van der Waals surface area contributed by atoms with E-state index in [2.05, 4.69) is 10.4 Å². The summed E-state index contributed by atoms with van der Waals surface area (Å²) in [6, 6.07) is 15.2. The lowest BCUT2D eigenvalue weighted by molar-refractivity contribution is 0.102. The van der Waals surface area contributed by atoms with Crippen LogP contribution in [0.2, 0.25) is 5.15 Å². The summed E-state index contributed by atoms with van der Waals surface area (Å²) < 4.78 is 24.5. The number of nitrogens with one attached hydrogen (secondary N) is 1. The Morgan fingerprint density at radius 2 is 1.69 bits per heavy atom. The number of sulfone groups is 1. The van der Waals surface area contributed by atoms with E-state index >= 15 is 0 Å². The molecule has 0 aliphatic rings. The van der Waals surface area contributed by atoms with Crippen molar-refractivity contribution in [2.75, 3.05) is 11.6 Å². The van der Waals surface area contributed by atoms with E-state index in [-0.39, 0.29) is 15.6 Å². The van der Waals surface area contributed by atoms with Gasteiger partial charge in [0.25, 0.3) is 5.91 Å². The maximum atomic E-state index is 12.6. The summed E-state index contributed by atoms with van der Waals surface area (Å²) in [5.41, 5.74) is 1.97. The van der Waals surface area contributed by atoms with Gasteiger partial charge in [-0.25, -0.2) is 13.1 Å². The molecular formula is C18H16ClN3O3S. The van der Waals surface area contributed by atoms with Gasteiger partial charge in [0, 0.05) is 11.9 Å². The van der Waals surface area contributed by atoms with Gasteiger partial charge < -0.3 is 5.32 Å². The van der Waals surface area contributed by atoms with E-state index in [4.69, 9.17) is 11.6 Å². The monoisotopic (exact) mass is 389 g/mol. The smallest absolute Gasteiger partial charge is 0.260 e. The second-order valence-corrected chi connectivity index (χ2v) is 8.12. The van der Waals surface area contributed by atoms with Gasteiger partial charge in [-0.1, -0.05) is 29.8 Å². The number of aryl methyl sites for hydroxylation is 1. The maximum Gasteiger partial charge on any atom is 0.260 e. The number of amides is 1. The molecule has 0 saturated heterocycles. The molecule has 0 atom stereocenters. The van der Waals surface area contributed by atoms with Crippen molar-refractivity contribution in [3.63, 3.8) is 0 Å². The molecule has 0 bridgehead atoms. The number of anilines is 1. The number of benzene rings is 2. The van der Waals surface area contributed by atoms with Crippen molar-refractivity contribution >= 4 is 33.0 Å². The van der Waals surface area contributed by atoms with Crippen LogP contribution in [0.25, 0.3) is 5.69 Å². The summed E-state index contributed by atoms with van der Waals surface area (Å²) >= 11 is 6.37. The Morgan fingerprint density at radius 1 is 1.08 bits per heavy atom. The Labute approximate surface area is 156 Å². The molecular weight excluding hydrogens is 374 g/mol. The van der Waals surface area contributed by atoms with Gasteiger partial charge in [0.1, 0.15) is 10.7 Å². The maximum absolute atomic E-state index is 12.6. The summed E-state index contributed by atoms with van der Waals surface area (Å²) in [6.45, 7) is 1.70. The van der Waals surface area contributed by atoms with Gasteiger partial charge in [-0.05, 0) is 43.3 Å². The predicted molar refractivity (Wildman–Crippen MR) is 101 cm³/mol. The molecule has 6 nitrogen and oxygen atoms in total. The molecule has 1 heterocycles. The Morgan fingerprint density at radius 3 is 2.27 bits per heavy atom. The number of hydrogen-bond acceptors (Lipinski definition) is 4. The van der Waals surface area contributed by atoms with Crippen molar-refractivity contribution in [2.45, 2.75) is 11.8 Å². The van der Waals surface area contributed by atoms with Crippen molar-refractivity contribution in [3.8, 4) is 5.69 Å². The Hall–Kier alpha value is -2.64. The van der Waals surface area contributed by atoms with E-state index < -0.39 is 15.7 Å². The van der Waals surface area contributed by atoms with Crippen molar-refractivity contribution in [1.29, 1.82) is 0 Å². The zero-order valence-corrected chi connectivity index (χ0v) is 15.7. The van der Waals surface area contributed by atoms with Crippen LogP contribution in [0.4, 0.5) is 5.69 Å². The third-order valence-electron chi connectivity index (χ3n) is 3.77. The Kier molecular flexibility index (Phi) is 4.84. The second-order valence-electron chi connectivity index (χ2n) is 5.75. The van der Waals surface area contributed by atoms with Gasteiger partial charge in [0.2, 0.25) is 0 Å².